The molecule has 35 heavy (non-hydrogen) atoms. The standard InChI is InChI=1S/C26H23F3N4O2/c1-32(16-23(34)30-22-13-12-21(27)24(28)25(22)29)14-18-15-33(19-6-4-3-5-7-19)31-26(18)17-8-10-20(35-2)11-9-17/h3-13,15H,14,16H2,1-2H3,(H,30,34). The number of anilines is 1. The smallest absolute Gasteiger partial charge is 0.238 e. The van der Waals surface area contributed by atoms with E-state index in [2.05, 4.69) is 5.32 Å². The number of benzene rings is 3. The first-order chi connectivity index (χ1) is 16.9. The van der Waals surface area contributed by atoms with Gasteiger partial charge in [-0.05, 0) is 55.6 Å². The number of halogens is 3. The highest BCUT2D eigenvalue weighted by Gasteiger charge is 2.18. The molecule has 0 saturated carbocycles. The van der Waals surface area contributed by atoms with Crippen molar-refractivity contribution in [2.75, 3.05) is 26.0 Å². The highest BCUT2D eigenvalue weighted by Crippen LogP contribution is 2.27. The summed E-state index contributed by atoms with van der Waals surface area (Å²) in [5, 5.41) is 7.05. The third-order valence-electron chi connectivity index (χ3n) is 5.34. The van der Waals surface area contributed by atoms with Crippen LogP contribution in [0.3, 0.4) is 0 Å². The van der Waals surface area contributed by atoms with Gasteiger partial charge in [0.2, 0.25) is 5.91 Å². The van der Waals surface area contributed by atoms with Crippen molar-refractivity contribution in [3.8, 4) is 22.7 Å². The highest BCUT2D eigenvalue weighted by atomic mass is 19.2. The van der Waals surface area contributed by atoms with Gasteiger partial charge < -0.3 is 10.1 Å². The van der Waals surface area contributed by atoms with Gasteiger partial charge in [-0.2, -0.15) is 5.10 Å². The molecule has 0 fully saturated rings. The van der Waals surface area contributed by atoms with Gasteiger partial charge in [-0.15, -0.1) is 0 Å². The molecule has 4 rings (SSSR count). The topological polar surface area (TPSA) is 59.4 Å². The molecular weight excluding hydrogens is 457 g/mol. The maximum absolute atomic E-state index is 13.9. The minimum atomic E-state index is -1.63. The molecule has 9 heteroatoms. The summed E-state index contributed by atoms with van der Waals surface area (Å²) in [5.74, 6) is -4.24. The molecule has 180 valence electrons. The maximum atomic E-state index is 13.9. The van der Waals surface area contributed by atoms with Crippen LogP contribution in [0, 0.1) is 17.5 Å². The number of ether oxygens (including phenoxy) is 1. The second-order valence-corrected chi connectivity index (χ2v) is 7.95. The number of carbonyl (C=O) groups excluding carboxylic acids is 1. The molecule has 6 nitrogen and oxygen atoms in total. The number of methoxy groups -OCH3 is 1. The second kappa shape index (κ2) is 10.4. The molecule has 1 aromatic heterocycles. The molecule has 0 aliphatic rings. The minimum absolute atomic E-state index is 0.114. The van der Waals surface area contributed by atoms with E-state index in [4.69, 9.17) is 9.84 Å². The largest absolute Gasteiger partial charge is 0.497 e. The summed E-state index contributed by atoms with van der Waals surface area (Å²) in [5.41, 5.74) is 2.92. The lowest BCUT2D eigenvalue weighted by atomic mass is 10.1. The van der Waals surface area contributed by atoms with E-state index in [0.29, 0.717) is 6.54 Å². The molecule has 0 saturated heterocycles. The molecule has 0 aliphatic carbocycles. The number of nitrogens with one attached hydrogen (secondary N) is 1. The van der Waals surface area contributed by atoms with E-state index in [1.807, 2.05) is 60.8 Å². The van der Waals surface area contributed by atoms with Gasteiger partial charge in [-0.25, -0.2) is 17.9 Å². The Bertz CT molecular complexity index is 1320. The summed E-state index contributed by atoms with van der Waals surface area (Å²) in [7, 11) is 3.32. The first-order valence-electron chi connectivity index (χ1n) is 10.8. The fourth-order valence-electron chi connectivity index (χ4n) is 3.63. The summed E-state index contributed by atoms with van der Waals surface area (Å²) in [6.45, 7) is 0.235. The fraction of sp³-hybridized carbons (Fsp3) is 0.154. The third-order valence-corrected chi connectivity index (χ3v) is 5.34. The Morgan fingerprint density at radius 3 is 2.40 bits per heavy atom. The van der Waals surface area contributed by atoms with Gasteiger partial charge in [0.05, 0.1) is 30.7 Å². The zero-order valence-corrected chi connectivity index (χ0v) is 19.1. The van der Waals surface area contributed by atoms with Gasteiger partial charge in [-0.3, -0.25) is 9.69 Å². The summed E-state index contributed by atoms with van der Waals surface area (Å²) in [4.78, 5) is 14.2. The average molecular weight is 480 g/mol. The van der Waals surface area contributed by atoms with Gasteiger partial charge in [0.25, 0.3) is 0 Å². The molecule has 0 spiro atoms. The Hall–Kier alpha value is -4.11. The first-order valence-corrected chi connectivity index (χ1v) is 10.8. The number of aromatic nitrogens is 2. The zero-order valence-electron chi connectivity index (χ0n) is 19.1. The summed E-state index contributed by atoms with van der Waals surface area (Å²) >= 11 is 0. The molecule has 1 N–H and O–H groups in total. The molecule has 0 atom stereocenters. The molecule has 4 aromatic rings. The number of amides is 1. The normalized spacial score (nSPS) is 11.0. The monoisotopic (exact) mass is 480 g/mol. The lowest BCUT2D eigenvalue weighted by Gasteiger charge is -2.16. The fourth-order valence-corrected chi connectivity index (χ4v) is 3.63. The van der Waals surface area contributed by atoms with Gasteiger partial charge in [-0.1, -0.05) is 18.2 Å². The van der Waals surface area contributed by atoms with Crippen molar-refractivity contribution in [2.45, 2.75) is 6.54 Å². The minimum Gasteiger partial charge on any atom is -0.497 e. The zero-order chi connectivity index (χ0) is 24.9. The van der Waals surface area contributed by atoms with Crippen molar-refractivity contribution >= 4 is 11.6 Å². The Labute approximate surface area is 200 Å². The van der Waals surface area contributed by atoms with Crippen LogP contribution in [0.1, 0.15) is 5.56 Å². The average Bonchev–Trinajstić information content (AvgIpc) is 3.28. The second-order valence-electron chi connectivity index (χ2n) is 7.95. The van der Waals surface area contributed by atoms with Gasteiger partial charge >= 0.3 is 0 Å². The van der Waals surface area contributed by atoms with Crippen molar-refractivity contribution < 1.29 is 22.7 Å². The van der Waals surface area contributed by atoms with Crippen LogP contribution in [0.2, 0.25) is 0 Å². The van der Waals surface area contributed by atoms with Crippen molar-refractivity contribution in [2.24, 2.45) is 0 Å². The molecule has 1 amide bonds. The number of para-hydroxylation sites is 1. The maximum Gasteiger partial charge on any atom is 0.238 e. The van der Waals surface area contributed by atoms with Crippen LogP contribution >= 0.6 is 0 Å². The van der Waals surface area contributed by atoms with Crippen molar-refractivity contribution in [1.82, 2.24) is 14.7 Å². The van der Waals surface area contributed by atoms with Gasteiger partial charge in [0.15, 0.2) is 17.5 Å². The number of hydrogen-bond acceptors (Lipinski definition) is 4. The molecule has 0 aliphatic heterocycles. The van der Waals surface area contributed by atoms with E-state index in [1.54, 1.807) is 23.7 Å². The van der Waals surface area contributed by atoms with Crippen molar-refractivity contribution in [3.05, 3.63) is 95.9 Å². The van der Waals surface area contributed by atoms with E-state index in [-0.39, 0.29) is 6.54 Å². The van der Waals surface area contributed by atoms with Crippen molar-refractivity contribution in [3.63, 3.8) is 0 Å². The van der Waals surface area contributed by atoms with Crippen LogP contribution in [-0.2, 0) is 11.3 Å². The van der Waals surface area contributed by atoms with Gasteiger partial charge in [0, 0.05) is 23.9 Å². The Morgan fingerprint density at radius 2 is 1.71 bits per heavy atom. The Morgan fingerprint density at radius 1 is 1.00 bits per heavy atom. The number of nitrogens with zero attached hydrogens (tertiary/aromatic N) is 3. The highest BCUT2D eigenvalue weighted by molar-refractivity contribution is 5.92. The van der Waals surface area contributed by atoms with Crippen LogP contribution < -0.4 is 10.1 Å². The van der Waals surface area contributed by atoms with Gasteiger partial charge in [0.1, 0.15) is 5.75 Å². The van der Waals surface area contributed by atoms with E-state index < -0.39 is 29.0 Å². The van der Waals surface area contributed by atoms with Crippen LogP contribution in [0.4, 0.5) is 18.9 Å². The quantitative estimate of drug-likeness (QED) is 0.359. The van der Waals surface area contributed by atoms with Crippen LogP contribution in [0.5, 0.6) is 5.75 Å². The first kappa shape index (κ1) is 24.0. The Balaban J connectivity index is 1.54. The predicted molar refractivity (Wildman–Crippen MR) is 127 cm³/mol. The number of rotatable bonds is 8. The van der Waals surface area contributed by atoms with Crippen LogP contribution in [0.25, 0.3) is 16.9 Å². The number of carbonyl (C=O) groups is 1. The van der Waals surface area contributed by atoms with E-state index >= 15 is 0 Å². The van der Waals surface area contributed by atoms with E-state index in [9.17, 15) is 18.0 Å². The van der Waals surface area contributed by atoms with Crippen molar-refractivity contribution in [1.29, 1.82) is 0 Å². The van der Waals surface area contributed by atoms with E-state index in [1.165, 1.54) is 0 Å². The van der Waals surface area contributed by atoms with Crippen LogP contribution in [-0.4, -0.2) is 41.3 Å². The predicted octanol–water partition coefficient (Wildman–Crippen LogP) is 5.04. The Kier molecular flexibility index (Phi) is 7.17. The van der Waals surface area contributed by atoms with E-state index in [0.717, 1.165) is 40.4 Å². The number of hydrogen-bond donors (Lipinski definition) is 1. The molecular formula is C26H23F3N4O2. The lowest BCUT2D eigenvalue weighted by Crippen LogP contribution is -2.30. The number of likely N-dealkylation sites (N-methyl/N-ethyl adjacent to an activating group) is 1. The molecule has 0 radical (unpaired) electrons. The molecule has 3 aromatic carbocycles. The lowest BCUT2D eigenvalue weighted by molar-refractivity contribution is -0.117. The molecule has 1 heterocycles. The molecule has 0 bridgehead atoms. The summed E-state index contributed by atoms with van der Waals surface area (Å²) in [6, 6.07) is 18.8. The van der Waals surface area contributed by atoms with Crippen LogP contribution in [0.15, 0.2) is 72.9 Å². The summed E-state index contributed by atoms with van der Waals surface area (Å²) in [6.07, 6.45) is 1.89. The SMILES string of the molecule is COc1ccc(-c2nn(-c3ccccc3)cc2CN(C)CC(=O)Nc2ccc(F)c(F)c2F)cc1. The third kappa shape index (κ3) is 5.52. The summed E-state index contributed by atoms with van der Waals surface area (Å²) < 4.78 is 47.5. The molecule has 0 unspecified atom stereocenters.